The van der Waals surface area contributed by atoms with Crippen LogP contribution in [0, 0.1) is 0 Å². The Balaban J connectivity index is 1.52. The predicted molar refractivity (Wildman–Crippen MR) is 120 cm³/mol. The fraction of sp³-hybridized carbons (Fsp3) is 0.174. The number of nitrogens with one attached hydrogen (secondary N) is 1. The molecule has 2 heterocycles. The average molecular weight is 436 g/mol. The van der Waals surface area contributed by atoms with Crippen LogP contribution in [0.1, 0.15) is 23.0 Å². The molecule has 0 saturated carbocycles. The highest BCUT2D eigenvalue weighted by molar-refractivity contribution is 7.15. The fourth-order valence-corrected chi connectivity index (χ4v) is 4.12. The fourth-order valence-electron chi connectivity index (χ4n) is 3.25. The minimum Gasteiger partial charge on any atom is -0.493 e. The lowest BCUT2D eigenvalue weighted by molar-refractivity contribution is -0.115. The second kappa shape index (κ2) is 8.61. The minimum absolute atomic E-state index is 0.0102. The molecule has 0 atom stereocenters. The van der Waals surface area contributed by atoms with Crippen molar-refractivity contribution in [2.75, 3.05) is 19.5 Å². The molecule has 0 radical (unpaired) electrons. The molecule has 0 aliphatic rings. The monoisotopic (exact) mass is 435 g/mol. The van der Waals surface area contributed by atoms with Crippen LogP contribution in [0.5, 0.6) is 11.5 Å². The summed E-state index contributed by atoms with van der Waals surface area (Å²) in [5, 5.41) is 4.80. The van der Waals surface area contributed by atoms with Crippen LogP contribution in [-0.4, -0.2) is 35.3 Å². The summed E-state index contributed by atoms with van der Waals surface area (Å²) in [6.45, 7) is 1.51. The van der Waals surface area contributed by atoms with E-state index in [1.165, 1.54) is 18.3 Å². The average Bonchev–Trinajstić information content (AvgIpc) is 3.35. The number of ether oxygens (including phenoxy) is 2. The first-order valence-electron chi connectivity index (χ1n) is 9.57. The SMILES string of the molecule is COc1ccc(-c2cn3c(CC(=O)Nc4ccc(C(C)=O)cc4)csc3n2)cc1OC. The molecule has 4 aromatic rings. The molecule has 0 spiro atoms. The van der Waals surface area contributed by atoms with E-state index in [2.05, 4.69) is 10.3 Å². The Morgan fingerprint density at radius 2 is 1.81 bits per heavy atom. The van der Waals surface area contributed by atoms with Gasteiger partial charge in [-0.1, -0.05) is 0 Å². The van der Waals surface area contributed by atoms with Crippen LogP contribution in [0.4, 0.5) is 5.69 Å². The van der Waals surface area contributed by atoms with Crippen molar-refractivity contribution in [1.29, 1.82) is 0 Å². The number of hydrogen-bond acceptors (Lipinski definition) is 6. The zero-order valence-corrected chi connectivity index (χ0v) is 18.2. The van der Waals surface area contributed by atoms with Gasteiger partial charge in [0.2, 0.25) is 5.91 Å². The second-order valence-corrected chi connectivity index (χ2v) is 7.77. The van der Waals surface area contributed by atoms with Crippen molar-refractivity contribution in [3.63, 3.8) is 0 Å². The molecule has 0 saturated heterocycles. The lowest BCUT2D eigenvalue weighted by Gasteiger charge is -2.08. The number of aromatic nitrogens is 2. The number of ketones is 1. The number of Topliss-reactive ketones (excluding diaryl/α,β-unsaturated/α-hetero) is 1. The summed E-state index contributed by atoms with van der Waals surface area (Å²) in [5.41, 5.74) is 3.79. The molecular formula is C23H21N3O4S. The molecule has 158 valence electrons. The van der Waals surface area contributed by atoms with Crippen LogP contribution < -0.4 is 14.8 Å². The van der Waals surface area contributed by atoms with Gasteiger partial charge in [-0.15, -0.1) is 11.3 Å². The molecule has 0 unspecified atom stereocenters. The van der Waals surface area contributed by atoms with Gasteiger partial charge in [-0.25, -0.2) is 4.98 Å². The third-order valence-corrected chi connectivity index (χ3v) is 5.77. The first-order chi connectivity index (χ1) is 15.0. The van der Waals surface area contributed by atoms with Crippen LogP contribution in [0.3, 0.4) is 0 Å². The normalized spacial score (nSPS) is 10.8. The summed E-state index contributed by atoms with van der Waals surface area (Å²) in [6, 6.07) is 12.5. The summed E-state index contributed by atoms with van der Waals surface area (Å²) in [5.74, 6) is 1.13. The van der Waals surface area contributed by atoms with Gasteiger partial charge in [-0.05, 0) is 49.4 Å². The van der Waals surface area contributed by atoms with Gasteiger partial charge in [0.1, 0.15) is 0 Å². The van der Waals surface area contributed by atoms with Crippen molar-refractivity contribution in [3.05, 3.63) is 65.3 Å². The lowest BCUT2D eigenvalue weighted by atomic mass is 10.1. The molecular weight excluding hydrogens is 414 g/mol. The maximum atomic E-state index is 12.5. The van der Waals surface area contributed by atoms with E-state index in [1.807, 2.05) is 34.2 Å². The number of benzene rings is 2. The number of carbonyl (C=O) groups is 2. The predicted octanol–water partition coefficient (Wildman–Crippen LogP) is 4.46. The maximum Gasteiger partial charge on any atom is 0.230 e. The Morgan fingerprint density at radius 1 is 1.06 bits per heavy atom. The van der Waals surface area contributed by atoms with E-state index in [-0.39, 0.29) is 18.1 Å². The van der Waals surface area contributed by atoms with Gasteiger partial charge < -0.3 is 14.8 Å². The highest BCUT2D eigenvalue weighted by Crippen LogP contribution is 2.32. The van der Waals surface area contributed by atoms with Gasteiger partial charge in [-0.2, -0.15) is 0 Å². The van der Waals surface area contributed by atoms with E-state index >= 15 is 0 Å². The molecule has 0 aliphatic heterocycles. The third kappa shape index (κ3) is 4.29. The molecule has 31 heavy (non-hydrogen) atoms. The smallest absolute Gasteiger partial charge is 0.230 e. The number of anilines is 1. The van der Waals surface area contributed by atoms with Crippen molar-refractivity contribution in [2.45, 2.75) is 13.3 Å². The van der Waals surface area contributed by atoms with Crippen molar-refractivity contribution in [1.82, 2.24) is 9.38 Å². The summed E-state index contributed by atoms with van der Waals surface area (Å²) in [4.78, 5) is 29.4. The Labute approximate surface area is 183 Å². The Kier molecular flexibility index (Phi) is 5.73. The van der Waals surface area contributed by atoms with Gasteiger partial charge in [0, 0.05) is 34.1 Å². The third-order valence-electron chi connectivity index (χ3n) is 4.88. The van der Waals surface area contributed by atoms with E-state index in [4.69, 9.17) is 9.47 Å². The number of hydrogen-bond donors (Lipinski definition) is 1. The molecule has 4 rings (SSSR count). The summed E-state index contributed by atoms with van der Waals surface area (Å²) in [7, 11) is 3.19. The summed E-state index contributed by atoms with van der Waals surface area (Å²) < 4.78 is 12.6. The summed E-state index contributed by atoms with van der Waals surface area (Å²) in [6.07, 6.45) is 2.12. The van der Waals surface area contributed by atoms with Crippen molar-refractivity contribution in [2.24, 2.45) is 0 Å². The van der Waals surface area contributed by atoms with Crippen LogP contribution >= 0.6 is 11.3 Å². The van der Waals surface area contributed by atoms with Crippen molar-refractivity contribution >= 4 is 33.7 Å². The first kappa shape index (κ1) is 20.6. The number of methoxy groups -OCH3 is 2. The summed E-state index contributed by atoms with van der Waals surface area (Å²) >= 11 is 1.48. The zero-order chi connectivity index (χ0) is 22.0. The number of rotatable bonds is 7. The van der Waals surface area contributed by atoms with Crippen LogP contribution in [0.25, 0.3) is 16.2 Å². The topological polar surface area (TPSA) is 81.9 Å². The minimum atomic E-state index is -0.142. The second-order valence-electron chi connectivity index (χ2n) is 6.93. The molecule has 0 bridgehead atoms. The van der Waals surface area contributed by atoms with Crippen molar-refractivity contribution in [3.8, 4) is 22.8 Å². The van der Waals surface area contributed by atoms with E-state index in [9.17, 15) is 9.59 Å². The Bertz CT molecular complexity index is 1260. The van der Waals surface area contributed by atoms with E-state index in [0.717, 1.165) is 21.9 Å². The first-order valence-corrected chi connectivity index (χ1v) is 10.4. The van der Waals surface area contributed by atoms with Gasteiger partial charge in [-0.3, -0.25) is 14.0 Å². The van der Waals surface area contributed by atoms with Gasteiger partial charge in [0.05, 0.1) is 26.3 Å². The van der Waals surface area contributed by atoms with Gasteiger partial charge >= 0.3 is 0 Å². The van der Waals surface area contributed by atoms with E-state index in [0.29, 0.717) is 22.7 Å². The largest absolute Gasteiger partial charge is 0.493 e. The number of nitrogens with zero attached hydrogens (tertiary/aromatic N) is 2. The molecule has 7 nitrogen and oxygen atoms in total. The molecule has 1 amide bonds. The zero-order valence-electron chi connectivity index (χ0n) is 17.3. The molecule has 2 aromatic heterocycles. The number of carbonyl (C=O) groups excluding carboxylic acids is 2. The standard InChI is InChI=1S/C23H21N3O4S/c1-14(27)15-4-7-17(8-5-15)24-22(28)11-18-13-31-23-25-19(12-26(18)23)16-6-9-20(29-2)21(10-16)30-3/h4-10,12-13H,11H2,1-3H3,(H,24,28). The molecule has 0 fully saturated rings. The molecule has 0 aliphatic carbocycles. The van der Waals surface area contributed by atoms with E-state index in [1.54, 1.807) is 38.5 Å². The quantitative estimate of drug-likeness (QED) is 0.433. The molecule has 1 N–H and O–H groups in total. The number of amides is 1. The lowest BCUT2D eigenvalue weighted by Crippen LogP contribution is -2.15. The number of fused-ring (bicyclic) bond motifs is 1. The number of thiazole rings is 1. The molecule has 2 aromatic carbocycles. The van der Waals surface area contributed by atoms with Crippen LogP contribution in [0.15, 0.2) is 54.0 Å². The number of imidazole rings is 1. The Hall–Kier alpha value is -3.65. The highest BCUT2D eigenvalue weighted by atomic mass is 32.1. The van der Waals surface area contributed by atoms with Crippen LogP contribution in [-0.2, 0) is 11.2 Å². The highest BCUT2D eigenvalue weighted by Gasteiger charge is 2.14. The van der Waals surface area contributed by atoms with E-state index < -0.39 is 0 Å². The van der Waals surface area contributed by atoms with Gasteiger partial charge in [0.15, 0.2) is 22.2 Å². The molecule has 8 heteroatoms. The Morgan fingerprint density at radius 3 is 2.48 bits per heavy atom. The van der Waals surface area contributed by atoms with Crippen LogP contribution in [0.2, 0.25) is 0 Å². The van der Waals surface area contributed by atoms with Gasteiger partial charge in [0.25, 0.3) is 0 Å². The van der Waals surface area contributed by atoms with Crippen molar-refractivity contribution < 1.29 is 19.1 Å². The maximum absolute atomic E-state index is 12.5.